The highest BCUT2D eigenvalue weighted by atomic mass is 35.5. The van der Waals surface area contributed by atoms with E-state index in [1.165, 1.54) is 13.8 Å². The lowest BCUT2D eigenvalue weighted by atomic mass is 10.1. The molecule has 1 aromatic carbocycles. The lowest BCUT2D eigenvalue weighted by molar-refractivity contribution is -0.119. The standard InChI is InChI=1S/C19H17ClFNO7/c1-4-27-19(26)16-15(9(2)23)10(3)29-17(16)22-14(24)8-28-18(25)12-6-5-11(21)7-13(12)20/h5-7H,4,8H2,1-3H3,(H,22,24). The maximum Gasteiger partial charge on any atom is 0.344 e. The van der Waals surface area contributed by atoms with Crippen LogP contribution in [0.3, 0.4) is 0 Å². The second-order valence-corrected chi connectivity index (χ2v) is 6.17. The van der Waals surface area contributed by atoms with Gasteiger partial charge in [-0.25, -0.2) is 14.0 Å². The van der Waals surface area contributed by atoms with E-state index >= 15 is 0 Å². The maximum atomic E-state index is 13.0. The van der Waals surface area contributed by atoms with Gasteiger partial charge < -0.3 is 13.9 Å². The third kappa shape index (κ3) is 5.20. The number of amides is 1. The molecule has 0 saturated carbocycles. The number of hydrogen-bond acceptors (Lipinski definition) is 7. The molecule has 0 aliphatic rings. The zero-order chi connectivity index (χ0) is 21.7. The number of ketones is 1. The summed E-state index contributed by atoms with van der Waals surface area (Å²) in [6.45, 7) is 3.57. The molecule has 1 N–H and O–H groups in total. The number of carbonyl (C=O) groups is 4. The lowest BCUT2D eigenvalue weighted by Gasteiger charge is -2.08. The van der Waals surface area contributed by atoms with Gasteiger partial charge in [0.15, 0.2) is 12.4 Å². The summed E-state index contributed by atoms with van der Waals surface area (Å²) in [5.41, 5.74) is -0.368. The number of Topliss-reactive ketones (excluding diaryl/α,β-unsaturated/α-hetero) is 1. The first kappa shape index (κ1) is 22.1. The highest BCUT2D eigenvalue weighted by Gasteiger charge is 2.29. The van der Waals surface area contributed by atoms with Crippen LogP contribution in [0, 0.1) is 12.7 Å². The normalized spacial score (nSPS) is 10.4. The molecular weight excluding hydrogens is 409 g/mol. The molecule has 1 heterocycles. The Morgan fingerprint density at radius 3 is 2.41 bits per heavy atom. The van der Waals surface area contributed by atoms with E-state index in [-0.39, 0.29) is 40.0 Å². The van der Waals surface area contributed by atoms with Crippen LogP contribution < -0.4 is 5.32 Å². The molecule has 0 spiro atoms. The predicted octanol–water partition coefficient (Wildman–Crippen LogP) is 3.56. The van der Waals surface area contributed by atoms with Crippen LogP contribution in [-0.2, 0) is 14.3 Å². The zero-order valence-electron chi connectivity index (χ0n) is 15.8. The fourth-order valence-corrected chi connectivity index (χ4v) is 2.73. The van der Waals surface area contributed by atoms with Gasteiger partial charge in [-0.05, 0) is 39.0 Å². The molecule has 0 aliphatic heterocycles. The van der Waals surface area contributed by atoms with Gasteiger partial charge in [0.05, 0.1) is 22.8 Å². The summed E-state index contributed by atoms with van der Waals surface area (Å²) < 4.78 is 28.1. The van der Waals surface area contributed by atoms with E-state index in [9.17, 15) is 23.6 Å². The summed E-state index contributed by atoms with van der Waals surface area (Å²) >= 11 is 5.76. The van der Waals surface area contributed by atoms with Crippen molar-refractivity contribution in [1.82, 2.24) is 0 Å². The Hall–Kier alpha value is -3.20. The van der Waals surface area contributed by atoms with Crippen molar-refractivity contribution in [3.63, 3.8) is 0 Å². The van der Waals surface area contributed by atoms with Crippen molar-refractivity contribution in [2.75, 3.05) is 18.5 Å². The molecule has 0 bridgehead atoms. The van der Waals surface area contributed by atoms with E-state index in [1.807, 2.05) is 0 Å². The number of rotatable bonds is 7. The van der Waals surface area contributed by atoms with E-state index in [2.05, 4.69) is 5.32 Å². The fourth-order valence-electron chi connectivity index (χ4n) is 2.48. The van der Waals surface area contributed by atoms with Crippen LogP contribution in [-0.4, -0.2) is 36.8 Å². The predicted molar refractivity (Wildman–Crippen MR) is 99.7 cm³/mol. The molecule has 10 heteroatoms. The molecule has 2 rings (SSSR count). The summed E-state index contributed by atoms with van der Waals surface area (Å²) in [5, 5.41) is 2.09. The van der Waals surface area contributed by atoms with Gasteiger partial charge in [-0.2, -0.15) is 0 Å². The largest absolute Gasteiger partial charge is 0.462 e. The van der Waals surface area contributed by atoms with E-state index in [1.54, 1.807) is 6.92 Å². The molecular formula is C19H17ClFNO7. The Balaban J connectivity index is 2.14. The first-order chi connectivity index (χ1) is 13.6. The quantitative estimate of drug-likeness (QED) is 0.533. The number of furan rings is 1. The Kier molecular flexibility index (Phi) is 7.11. The van der Waals surface area contributed by atoms with Crippen molar-refractivity contribution in [1.29, 1.82) is 0 Å². The molecule has 1 amide bonds. The number of nitrogens with one attached hydrogen (secondary N) is 1. The summed E-state index contributed by atoms with van der Waals surface area (Å²) in [4.78, 5) is 48.1. The van der Waals surface area contributed by atoms with Crippen molar-refractivity contribution in [3.8, 4) is 0 Å². The van der Waals surface area contributed by atoms with E-state index < -0.39 is 36.1 Å². The van der Waals surface area contributed by atoms with Crippen molar-refractivity contribution < 1.29 is 37.5 Å². The van der Waals surface area contributed by atoms with Gasteiger partial charge in [0.1, 0.15) is 17.1 Å². The first-order valence-corrected chi connectivity index (χ1v) is 8.76. The van der Waals surface area contributed by atoms with Gasteiger partial charge in [0.2, 0.25) is 5.88 Å². The smallest absolute Gasteiger partial charge is 0.344 e. The minimum Gasteiger partial charge on any atom is -0.462 e. The molecule has 8 nitrogen and oxygen atoms in total. The third-order valence-corrected chi connectivity index (χ3v) is 3.97. The number of carbonyl (C=O) groups excluding carboxylic acids is 4. The fraction of sp³-hybridized carbons (Fsp3) is 0.263. The second kappa shape index (κ2) is 9.33. The molecule has 0 unspecified atom stereocenters. The molecule has 0 aliphatic carbocycles. The number of ether oxygens (including phenoxy) is 2. The molecule has 29 heavy (non-hydrogen) atoms. The minimum atomic E-state index is -0.948. The van der Waals surface area contributed by atoms with Crippen molar-refractivity contribution in [2.45, 2.75) is 20.8 Å². The molecule has 0 radical (unpaired) electrons. The van der Waals surface area contributed by atoms with Crippen LogP contribution >= 0.6 is 11.6 Å². The summed E-state index contributed by atoms with van der Waals surface area (Å²) in [6, 6.07) is 3.06. The summed E-state index contributed by atoms with van der Waals surface area (Å²) in [7, 11) is 0. The monoisotopic (exact) mass is 425 g/mol. The summed E-state index contributed by atoms with van der Waals surface area (Å²) in [5.74, 6) is -3.91. The van der Waals surface area contributed by atoms with Gasteiger partial charge >= 0.3 is 11.9 Å². The van der Waals surface area contributed by atoms with E-state index in [0.29, 0.717) is 0 Å². The topological polar surface area (TPSA) is 112 Å². The first-order valence-electron chi connectivity index (χ1n) is 8.39. The third-order valence-electron chi connectivity index (χ3n) is 3.65. The van der Waals surface area contributed by atoms with Crippen LogP contribution in [0.15, 0.2) is 22.6 Å². The van der Waals surface area contributed by atoms with Crippen molar-refractivity contribution in [2.24, 2.45) is 0 Å². The highest BCUT2D eigenvalue weighted by Crippen LogP contribution is 2.28. The van der Waals surface area contributed by atoms with Gasteiger partial charge in [-0.3, -0.25) is 14.9 Å². The van der Waals surface area contributed by atoms with Gasteiger partial charge in [0, 0.05) is 0 Å². The Labute approximate surface area is 169 Å². The maximum absolute atomic E-state index is 13.0. The van der Waals surface area contributed by atoms with Crippen molar-refractivity contribution in [3.05, 3.63) is 51.5 Å². The molecule has 2 aromatic rings. The summed E-state index contributed by atoms with van der Waals surface area (Å²) in [6.07, 6.45) is 0. The number of hydrogen-bond donors (Lipinski definition) is 1. The molecule has 0 atom stereocenters. The number of halogens is 2. The van der Waals surface area contributed by atoms with E-state index in [0.717, 1.165) is 18.2 Å². The number of aryl methyl sites for hydroxylation is 1. The molecule has 0 saturated heterocycles. The average Bonchev–Trinajstić information content (AvgIpc) is 2.96. The van der Waals surface area contributed by atoms with Gasteiger partial charge in [-0.15, -0.1) is 0 Å². The van der Waals surface area contributed by atoms with Crippen LogP contribution in [0.5, 0.6) is 0 Å². The van der Waals surface area contributed by atoms with E-state index in [4.69, 9.17) is 25.5 Å². The molecule has 0 fully saturated rings. The number of benzene rings is 1. The number of anilines is 1. The number of esters is 2. The Morgan fingerprint density at radius 2 is 1.83 bits per heavy atom. The molecule has 1 aromatic heterocycles. The highest BCUT2D eigenvalue weighted by molar-refractivity contribution is 6.33. The lowest BCUT2D eigenvalue weighted by Crippen LogP contribution is -2.22. The van der Waals surface area contributed by atoms with Crippen LogP contribution in [0.1, 0.15) is 50.7 Å². The Morgan fingerprint density at radius 1 is 1.14 bits per heavy atom. The van der Waals surface area contributed by atoms with Gasteiger partial charge in [0.25, 0.3) is 5.91 Å². The Bertz CT molecular complexity index is 983. The second-order valence-electron chi connectivity index (χ2n) is 5.76. The minimum absolute atomic E-state index is 0.0196. The van der Waals surface area contributed by atoms with Crippen molar-refractivity contribution >= 4 is 41.1 Å². The van der Waals surface area contributed by atoms with Gasteiger partial charge in [-0.1, -0.05) is 11.6 Å². The SMILES string of the molecule is CCOC(=O)c1c(NC(=O)COC(=O)c2ccc(F)cc2Cl)oc(C)c1C(C)=O. The average molecular weight is 426 g/mol. The van der Waals surface area contributed by atoms with Crippen LogP contribution in [0.4, 0.5) is 10.3 Å². The van der Waals surface area contributed by atoms with Crippen LogP contribution in [0.2, 0.25) is 5.02 Å². The molecule has 154 valence electrons. The zero-order valence-corrected chi connectivity index (χ0v) is 16.5. The van der Waals surface area contributed by atoms with Crippen LogP contribution in [0.25, 0.3) is 0 Å².